The molecule has 1 fully saturated rings. The molecule has 1 aliphatic heterocycles. The average Bonchev–Trinajstić information content (AvgIpc) is 2.65. The predicted molar refractivity (Wildman–Crippen MR) is 60.8 cm³/mol. The number of likely N-dealkylation sites (N-methyl/N-ethyl adjacent to an activating group) is 1. The molecule has 1 heterocycles. The highest BCUT2D eigenvalue weighted by Crippen LogP contribution is 2.15. The van der Waals surface area contributed by atoms with Crippen molar-refractivity contribution in [3.05, 3.63) is 30.1 Å². The lowest BCUT2D eigenvalue weighted by atomic mass is 10.2. The first-order valence-electron chi connectivity index (χ1n) is 5.41. The van der Waals surface area contributed by atoms with Crippen LogP contribution in [0, 0.1) is 5.82 Å². The van der Waals surface area contributed by atoms with E-state index >= 15 is 0 Å². The highest BCUT2D eigenvalue weighted by atomic mass is 19.1. The fourth-order valence-electron chi connectivity index (χ4n) is 1.95. The number of benzene rings is 1. The zero-order valence-electron chi connectivity index (χ0n) is 9.24. The normalized spacial score (nSPS) is 19.6. The van der Waals surface area contributed by atoms with Crippen molar-refractivity contribution < 1.29 is 9.18 Å². The third-order valence-corrected chi connectivity index (χ3v) is 2.85. The van der Waals surface area contributed by atoms with Gasteiger partial charge in [0.2, 0.25) is 5.91 Å². The van der Waals surface area contributed by atoms with E-state index in [9.17, 15) is 9.18 Å². The molecule has 86 valence electrons. The minimum Gasteiger partial charge on any atom is -0.373 e. The number of nitrogens with zero attached hydrogens (tertiary/aromatic N) is 1. The Morgan fingerprint density at radius 3 is 2.69 bits per heavy atom. The molecule has 1 atom stereocenters. The number of carbonyl (C=O) groups excluding carboxylic acids is 1. The molecule has 1 aliphatic rings. The van der Waals surface area contributed by atoms with E-state index < -0.39 is 0 Å². The van der Waals surface area contributed by atoms with Crippen molar-refractivity contribution in [1.82, 2.24) is 5.32 Å². The molecule has 3 nitrogen and oxygen atoms in total. The first kappa shape index (κ1) is 10.9. The lowest BCUT2D eigenvalue weighted by Crippen LogP contribution is -2.36. The van der Waals surface area contributed by atoms with E-state index in [0.717, 1.165) is 18.7 Å². The molecule has 1 amide bonds. The molecular weight excluding hydrogens is 207 g/mol. The molecule has 1 aromatic carbocycles. The van der Waals surface area contributed by atoms with Crippen molar-refractivity contribution in [2.75, 3.05) is 18.5 Å². The topological polar surface area (TPSA) is 32.3 Å². The second-order valence-corrected chi connectivity index (χ2v) is 4.16. The van der Waals surface area contributed by atoms with Crippen LogP contribution in [0.15, 0.2) is 24.3 Å². The number of carbonyl (C=O) groups is 1. The lowest BCUT2D eigenvalue weighted by molar-refractivity contribution is -0.119. The van der Waals surface area contributed by atoms with E-state index in [0.29, 0.717) is 6.42 Å². The Balaban J connectivity index is 1.95. The van der Waals surface area contributed by atoms with Crippen molar-refractivity contribution in [3.8, 4) is 0 Å². The van der Waals surface area contributed by atoms with E-state index in [1.807, 2.05) is 11.9 Å². The number of nitrogens with one attached hydrogen (secondary N) is 1. The van der Waals surface area contributed by atoms with Crippen molar-refractivity contribution in [2.24, 2.45) is 0 Å². The van der Waals surface area contributed by atoms with Gasteiger partial charge in [0.25, 0.3) is 0 Å². The van der Waals surface area contributed by atoms with Crippen LogP contribution in [-0.2, 0) is 4.79 Å². The SMILES string of the molecule is CN(CC1CCC(=O)N1)c1ccc(F)cc1. The smallest absolute Gasteiger partial charge is 0.220 e. The van der Waals surface area contributed by atoms with Crippen LogP contribution < -0.4 is 10.2 Å². The summed E-state index contributed by atoms with van der Waals surface area (Å²) in [5.41, 5.74) is 0.961. The standard InChI is InChI=1S/C12H15FN2O/c1-15(8-10-4-7-12(16)14-10)11-5-2-9(13)3-6-11/h2-3,5-6,10H,4,7-8H2,1H3,(H,14,16). The van der Waals surface area contributed by atoms with Crippen molar-refractivity contribution >= 4 is 11.6 Å². The van der Waals surface area contributed by atoms with E-state index in [4.69, 9.17) is 0 Å². The van der Waals surface area contributed by atoms with Gasteiger partial charge in [-0.2, -0.15) is 0 Å². The molecule has 0 saturated carbocycles. The average molecular weight is 222 g/mol. The van der Waals surface area contributed by atoms with Crippen molar-refractivity contribution in [3.63, 3.8) is 0 Å². The van der Waals surface area contributed by atoms with Crippen molar-refractivity contribution in [1.29, 1.82) is 0 Å². The Kier molecular flexibility index (Phi) is 3.08. The van der Waals surface area contributed by atoms with Crippen LogP contribution in [0.3, 0.4) is 0 Å². The van der Waals surface area contributed by atoms with Gasteiger partial charge in [-0.3, -0.25) is 4.79 Å². The van der Waals surface area contributed by atoms with Gasteiger partial charge in [0, 0.05) is 31.7 Å². The third kappa shape index (κ3) is 2.51. The molecule has 0 bridgehead atoms. The van der Waals surface area contributed by atoms with Crippen LogP contribution in [0.1, 0.15) is 12.8 Å². The predicted octanol–water partition coefficient (Wildman–Crippen LogP) is 1.54. The molecule has 1 aromatic rings. The fraction of sp³-hybridized carbons (Fsp3) is 0.417. The minimum absolute atomic E-state index is 0.123. The zero-order chi connectivity index (χ0) is 11.5. The summed E-state index contributed by atoms with van der Waals surface area (Å²) in [5.74, 6) is -0.108. The number of halogens is 1. The quantitative estimate of drug-likeness (QED) is 0.841. The Morgan fingerprint density at radius 1 is 1.44 bits per heavy atom. The maximum absolute atomic E-state index is 12.7. The third-order valence-electron chi connectivity index (χ3n) is 2.85. The van der Waals surface area contributed by atoms with E-state index in [2.05, 4.69) is 5.32 Å². The minimum atomic E-state index is -0.230. The Bertz CT molecular complexity index is 377. The van der Waals surface area contributed by atoms with Gasteiger partial charge in [-0.15, -0.1) is 0 Å². The van der Waals surface area contributed by atoms with Gasteiger partial charge in [0.15, 0.2) is 0 Å². The maximum Gasteiger partial charge on any atom is 0.220 e. The lowest BCUT2D eigenvalue weighted by Gasteiger charge is -2.23. The van der Waals surface area contributed by atoms with Gasteiger partial charge in [-0.25, -0.2) is 4.39 Å². The molecule has 1 unspecified atom stereocenters. The van der Waals surface area contributed by atoms with Crippen LogP contribution in [0.4, 0.5) is 10.1 Å². The van der Waals surface area contributed by atoms with Gasteiger partial charge in [-0.1, -0.05) is 0 Å². The molecule has 0 aliphatic carbocycles. The molecule has 1 N–H and O–H groups in total. The van der Waals surface area contributed by atoms with Crippen LogP contribution in [0.2, 0.25) is 0 Å². The molecule has 16 heavy (non-hydrogen) atoms. The Hall–Kier alpha value is -1.58. The summed E-state index contributed by atoms with van der Waals surface area (Å²) in [5, 5.41) is 2.91. The van der Waals surface area contributed by atoms with Crippen LogP contribution in [-0.4, -0.2) is 25.5 Å². The molecule has 0 aromatic heterocycles. The second-order valence-electron chi connectivity index (χ2n) is 4.16. The molecule has 1 saturated heterocycles. The van der Waals surface area contributed by atoms with Gasteiger partial charge >= 0.3 is 0 Å². The summed E-state index contributed by atoms with van der Waals surface area (Å²) >= 11 is 0. The number of anilines is 1. The molecule has 0 radical (unpaired) electrons. The van der Waals surface area contributed by atoms with Gasteiger partial charge < -0.3 is 10.2 Å². The summed E-state index contributed by atoms with van der Waals surface area (Å²) < 4.78 is 12.7. The molecule has 2 rings (SSSR count). The largest absolute Gasteiger partial charge is 0.373 e. The molecule has 4 heteroatoms. The van der Waals surface area contributed by atoms with Gasteiger partial charge in [-0.05, 0) is 30.7 Å². The van der Waals surface area contributed by atoms with E-state index in [1.165, 1.54) is 12.1 Å². The summed E-state index contributed by atoms with van der Waals surface area (Å²) in [6.07, 6.45) is 1.49. The fourth-order valence-corrected chi connectivity index (χ4v) is 1.95. The summed E-state index contributed by atoms with van der Waals surface area (Å²) in [4.78, 5) is 13.1. The highest BCUT2D eigenvalue weighted by Gasteiger charge is 2.21. The second kappa shape index (κ2) is 4.51. The van der Waals surface area contributed by atoms with Crippen molar-refractivity contribution in [2.45, 2.75) is 18.9 Å². The van der Waals surface area contributed by atoms with Crippen LogP contribution >= 0.6 is 0 Å². The first-order valence-corrected chi connectivity index (χ1v) is 5.41. The summed E-state index contributed by atoms with van der Waals surface area (Å²) in [7, 11) is 1.94. The van der Waals surface area contributed by atoms with Crippen LogP contribution in [0.25, 0.3) is 0 Å². The Morgan fingerprint density at radius 2 is 2.12 bits per heavy atom. The van der Waals surface area contributed by atoms with E-state index in [-0.39, 0.29) is 17.8 Å². The van der Waals surface area contributed by atoms with Crippen LogP contribution in [0.5, 0.6) is 0 Å². The Labute approximate surface area is 94.3 Å². The number of amides is 1. The number of rotatable bonds is 3. The first-order chi connectivity index (χ1) is 7.65. The van der Waals surface area contributed by atoms with Gasteiger partial charge in [0.05, 0.1) is 0 Å². The zero-order valence-corrected chi connectivity index (χ0v) is 9.24. The van der Waals surface area contributed by atoms with Gasteiger partial charge in [0.1, 0.15) is 5.82 Å². The highest BCUT2D eigenvalue weighted by molar-refractivity contribution is 5.78. The monoisotopic (exact) mass is 222 g/mol. The number of hydrogen-bond donors (Lipinski definition) is 1. The molecular formula is C12H15FN2O. The number of hydrogen-bond acceptors (Lipinski definition) is 2. The summed E-state index contributed by atoms with van der Waals surface area (Å²) in [6.45, 7) is 0.761. The van der Waals surface area contributed by atoms with E-state index in [1.54, 1.807) is 12.1 Å². The summed E-state index contributed by atoms with van der Waals surface area (Å²) in [6, 6.07) is 6.58. The maximum atomic E-state index is 12.7. The molecule has 0 spiro atoms.